The molecule has 0 bridgehead atoms. The molecule has 0 heterocycles. The Morgan fingerprint density at radius 1 is 0.960 bits per heavy atom. The van der Waals surface area contributed by atoms with Crippen LogP contribution in [0.25, 0.3) is 5.31 Å². The van der Waals surface area contributed by atoms with Crippen LogP contribution in [-0.2, 0) is 13.6 Å². The van der Waals surface area contributed by atoms with Gasteiger partial charge in [0.2, 0.25) is 0 Å². The summed E-state index contributed by atoms with van der Waals surface area (Å²) in [6.07, 6.45) is 1.35. The summed E-state index contributed by atoms with van der Waals surface area (Å²) in [7, 11) is 0.511. The quantitative estimate of drug-likeness (QED) is 0.757. The SMILES string of the molecule is COc1cccc(C(=CNC(=O)c2ccccc2)P(=O)(OC)OC)c1. The fourth-order valence-corrected chi connectivity index (χ4v) is 3.40. The zero-order chi connectivity index (χ0) is 18.3. The lowest BCUT2D eigenvalue weighted by Crippen LogP contribution is -2.17. The monoisotopic (exact) mass is 361 g/mol. The Morgan fingerprint density at radius 2 is 1.60 bits per heavy atom. The van der Waals surface area contributed by atoms with Crippen molar-refractivity contribution in [1.29, 1.82) is 0 Å². The van der Waals surface area contributed by atoms with Crippen molar-refractivity contribution in [2.24, 2.45) is 0 Å². The molecule has 0 saturated heterocycles. The van der Waals surface area contributed by atoms with Gasteiger partial charge in [0.05, 0.1) is 12.4 Å². The third-order valence-electron chi connectivity index (χ3n) is 3.52. The van der Waals surface area contributed by atoms with E-state index in [1.807, 2.05) is 6.07 Å². The van der Waals surface area contributed by atoms with E-state index in [2.05, 4.69) is 5.32 Å². The van der Waals surface area contributed by atoms with E-state index in [4.69, 9.17) is 13.8 Å². The molecule has 132 valence electrons. The van der Waals surface area contributed by atoms with Gasteiger partial charge in [-0.05, 0) is 29.8 Å². The lowest BCUT2D eigenvalue weighted by atomic mass is 10.2. The average molecular weight is 361 g/mol. The molecule has 0 spiro atoms. The fourth-order valence-electron chi connectivity index (χ4n) is 2.18. The highest BCUT2D eigenvalue weighted by atomic mass is 31.2. The Bertz CT molecular complexity index is 796. The van der Waals surface area contributed by atoms with Gasteiger partial charge in [0, 0.05) is 26.0 Å². The molecule has 2 aromatic carbocycles. The number of benzene rings is 2. The largest absolute Gasteiger partial charge is 0.497 e. The number of ether oxygens (including phenoxy) is 1. The summed E-state index contributed by atoms with van der Waals surface area (Å²) in [6, 6.07) is 15.6. The number of carbonyl (C=O) groups excluding carboxylic acids is 1. The molecule has 1 N–H and O–H groups in total. The minimum absolute atomic E-state index is 0.223. The molecule has 6 nitrogen and oxygen atoms in total. The van der Waals surface area contributed by atoms with E-state index in [-0.39, 0.29) is 11.2 Å². The summed E-state index contributed by atoms with van der Waals surface area (Å²) in [5, 5.41) is 2.86. The molecule has 0 fully saturated rings. The van der Waals surface area contributed by atoms with Crippen molar-refractivity contribution in [3.8, 4) is 5.75 Å². The zero-order valence-electron chi connectivity index (χ0n) is 14.3. The molecule has 2 rings (SSSR count). The van der Waals surface area contributed by atoms with E-state index < -0.39 is 7.60 Å². The van der Waals surface area contributed by atoms with Crippen molar-refractivity contribution >= 4 is 18.8 Å². The van der Waals surface area contributed by atoms with Gasteiger partial charge in [-0.3, -0.25) is 9.36 Å². The third kappa shape index (κ3) is 4.57. The normalized spacial score (nSPS) is 11.9. The Morgan fingerprint density at radius 3 is 2.20 bits per heavy atom. The van der Waals surface area contributed by atoms with Gasteiger partial charge in [0.1, 0.15) is 5.75 Å². The van der Waals surface area contributed by atoms with Crippen LogP contribution in [0.15, 0.2) is 60.8 Å². The van der Waals surface area contributed by atoms with Gasteiger partial charge in [0.25, 0.3) is 5.91 Å². The van der Waals surface area contributed by atoms with Crippen LogP contribution in [0, 0.1) is 0 Å². The molecule has 0 atom stereocenters. The zero-order valence-corrected chi connectivity index (χ0v) is 15.2. The lowest BCUT2D eigenvalue weighted by molar-refractivity contribution is 0.0970. The number of rotatable bonds is 7. The van der Waals surface area contributed by atoms with E-state index in [0.717, 1.165) is 0 Å². The molecule has 25 heavy (non-hydrogen) atoms. The van der Waals surface area contributed by atoms with Gasteiger partial charge in [-0.1, -0.05) is 30.3 Å². The number of hydrogen-bond acceptors (Lipinski definition) is 5. The minimum atomic E-state index is -3.60. The smallest absolute Gasteiger partial charge is 0.362 e. The van der Waals surface area contributed by atoms with Crippen LogP contribution < -0.4 is 10.1 Å². The first-order valence-corrected chi connectivity index (χ1v) is 9.01. The molecular formula is C18H20NO5P. The summed E-state index contributed by atoms with van der Waals surface area (Å²) in [6.45, 7) is 0. The number of nitrogens with one attached hydrogen (secondary N) is 1. The van der Waals surface area contributed by atoms with Crippen molar-refractivity contribution in [3.63, 3.8) is 0 Å². The van der Waals surface area contributed by atoms with Gasteiger partial charge in [-0.2, -0.15) is 0 Å². The topological polar surface area (TPSA) is 73.9 Å². The van der Waals surface area contributed by atoms with Crippen molar-refractivity contribution < 1.29 is 23.1 Å². The number of carbonyl (C=O) groups is 1. The third-order valence-corrected chi connectivity index (χ3v) is 5.46. The van der Waals surface area contributed by atoms with Gasteiger partial charge >= 0.3 is 7.60 Å². The Balaban J connectivity index is 2.41. The molecule has 1 amide bonds. The first-order valence-electron chi connectivity index (χ1n) is 7.46. The second-order valence-corrected chi connectivity index (χ2v) is 7.17. The van der Waals surface area contributed by atoms with Crippen LogP contribution in [0.5, 0.6) is 5.75 Å². The predicted molar refractivity (Wildman–Crippen MR) is 96.5 cm³/mol. The molecule has 0 radical (unpaired) electrons. The van der Waals surface area contributed by atoms with Gasteiger partial charge in [0.15, 0.2) is 0 Å². The average Bonchev–Trinajstić information content (AvgIpc) is 2.68. The second-order valence-electron chi connectivity index (χ2n) is 4.96. The highest BCUT2D eigenvalue weighted by molar-refractivity contribution is 7.65. The van der Waals surface area contributed by atoms with E-state index in [9.17, 15) is 9.36 Å². The molecule has 2 aromatic rings. The standard InChI is InChI=1S/C18H20NO5P/c1-22-16-11-7-10-15(12-16)17(25(21,23-2)24-3)13-19-18(20)14-8-5-4-6-9-14/h4-13H,1-3H3,(H,19,20). The van der Waals surface area contributed by atoms with Crippen LogP contribution in [0.2, 0.25) is 0 Å². The second kappa shape index (κ2) is 8.62. The predicted octanol–water partition coefficient (Wildman–Crippen LogP) is 3.91. The van der Waals surface area contributed by atoms with Crippen LogP contribution in [-0.4, -0.2) is 27.2 Å². The summed E-state index contributed by atoms with van der Waals surface area (Å²) < 4.78 is 28.3. The van der Waals surface area contributed by atoms with Gasteiger partial charge in [-0.25, -0.2) is 0 Å². The maximum absolute atomic E-state index is 12.9. The van der Waals surface area contributed by atoms with Crippen molar-refractivity contribution in [2.75, 3.05) is 21.3 Å². The fraction of sp³-hybridized carbons (Fsp3) is 0.167. The lowest BCUT2D eigenvalue weighted by Gasteiger charge is -2.18. The highest BCUT2D eigenvalue weighted by Crippen LogP contribution is 2.59. The van der Waals surface area contributed by atoms with E-state index in [0.29, 0.717) is 16.9 Å². The Hall–Kier alpha value is -2.40. The molecule has 0 aliphatic heterocycles. The number of amides is 1. The van der Waals surface area contributed by atoms with E-state index in [1.165, 1.54) is 27.5 Å². The van der Waals surface area contributed by atoms with Crippen molar-refractivity contribution in [2.45, 2.75) is 0 Å². The number of methoxy groups -OCH3 is 1. The summed E-state index contributed by atoms with van der Waals surface area (Å²) >= 11 is 0. The van der Waals surface area contributed by atoms with E-state index >= 15 is 0 Å². The minimum Gasteiger partial charge on any atom is -0.497 e. The first-order chi connectivity index (χ1) is 12.0. The molecular weight excluding hydrogens is 341 g/mol. The number of hydrogen-bond donors (Lipinski definition) is 1. The van der Waals surface area contributed by atoms with Crippen LogP contribution in [0.3, 0.4) is 0 Å². The summed E-state index contributed by atoms with van der Waals surface area (Å²) in [4.78, 5) is 12.3. The summed E-state index contributed by atoms with van der Waals surface area (Å²) in [5.74, 6) is 0.247. The van der Waals surface area contributed by atoms with E-state index in [1.54, 1.807) is 48.5 Å². The molecule has 0 aliphatic rings. The maximum Gasteiger partial charge on any atom is 0.362 e. The molecule has 0 saturated carbocycles. The first kappa shape index (κ1) is 18.9. The molecule has 7 heteroatoms. The van der Waals surface area contributed by atoms with Crippen molar-refractivity contribution in [3.05, 3.63) is 71.9 Å². The Labute approximate surface area is 147 Å². The van der Waals surface area contributed by atoms with Crippen molar-refractivity contribution in [1.82, 2.24) is 5.32 Å². The van der Waals surface area contributed by atoms with Crippen LogP contribution >= 0.6 is 7.60 Å². The molecule has 0 aromatic heterocycles. The highest BCUT2D eigenvalue weighted by Gasteiger charge is 2.29. The summed E-state index contributed by atoms with van der Waals surface area (Å²) in [5.41, 5.74) is 1.04. The molecule has 0 aliphatic carbocycles. The van der Waals surface area contributed by atoms with Crippen LogP contribution in [0.4, 0.5) is 0 Å². The van der Waals surface area contributed by atoms with Gasteiger partial charge < -0.3 is 19.1 Å². The van der Waals surface area contributed by atoms with Crippen LogP contribution in [0.1, 0.15) is 15.9 Å². The Kier molecular flexibility index (Phi) is 6.53. The van der Waals surface area contributed by atoms with Gasteiger partial charge in [-0.15, -0.1) is 0 Å². The molecule has 0 unspecified atom stereocenters. The maximum atomic E-state index is 12.9.